The van der Waals surface area contributed by atoms with Gasteiger partial charge in [-0.05, 0) is 55.0 Å². The summed E-state index contributed by atoms with van der Waals surface area (Å²) in [6.07, 6.45) is 7.94. The van der Waals surface area contributed by atoms with Gasteiger partial charge in [0.25, 0.3) is 0 Å². The van der Waals surface area contributed by atoms with Crippen LogP contribution in [0.2, 0.25) is 0 Å². The van der Waals surface area contributed by atoms with Crippen LogP contribution in [-0.2, 0) is 0 Å². The highest BCUT2D eigenvalue weighted by Crippen LogP contribution is 2.29. The van der Waals surface area contributed by atoms with Crippen molar-refractivity contribution in [3.63, 3.8) is 0 Å². The lowest BCUT2D eigenvalue weighted by molar-refractivity contribution is 0.369. The van der Waals surface area contributed by atoms with E-state index in [2.05, 4.69) is 31.3 Å². The third-order valence-electron chi connectivity index (χ3n) is 4.29. The molecule has 0 unspecified atom stereocenters. The minimum atomic E-state index is 0.801. The number of hydrogen-bond donors (Lipinski definition) is 1. The second-order valence-corrected chi connectivity index (χ2v) is 6.60. The zero-order valence-corrected chi connectivity index (χ0v) is 14.0. The van der Waals surface area contributed by atoms with Gasteiger partial charge in [0.05, 0.1) is 5.49 Å². The minimum Gasteiger partial charge on any atom is -0.352 e. The number of hydrogen-bond acceptors (Lipinski definition) is 2. The molecule has 1 fully saturated rings. The van der Waals surface area contributed by atoms with Crippen LogP contribution in [0.3, 0.4) is 0 Å². The van der Waals surface area contributed by atoms with E-state index in [4.69, 9.17) is 24.4 Å². The van der Waals surface area contributed by atoms with Crippen LogP contribution in [0.4, 0.5) is 5.69 Å². The largest absolute Gasteiger partial charge is 0.352 e. The van der Waals surface area contributed by atoms with E-state index in [1.54, 1.807) is 5.49 Å². The van der Waals surface area contributed by atoms with Gasteiger partial charge >= 0.3 is 0 Å². The van der Waals surface area contributed by atoms with E-state index >= 15 is 0 Å². The molecular weight excluding hydrogens is 282 g/mol. The standard InChI is InChI=1S/C17H23NS2/c1-12-9-16(18-11-19)13(2)8-15(12)17(20)10-14-6-4-3-5-7-14/h8-9,11,14H,3-7,10H2,1-2H3,(H,18,19). The molecule has 0 heterocycles. The second kappa shape index (κ2) is 7.28. The Kier molecular flexibility index (Phi) is 5.67. The first-order chi connectivity index (χ1) is 9.61. The molecule has 0 spiro atoms. The molecule has 0 radical (unpaired) electrons. The molecule has 1 saturated carbocycles. The van der Waals surface area contributed by atoms with Crippen molar-refractivity contribution in [3.05, 3.63) is 28.8 Å². The molecule has 20 heavy (non-hydrogen) atoms. The molecule has 0 atom stereocenters. The lowest BCUT2D eigenvalue weighted by atomic mass is 9.84. The van der Waals surface area contributed by atoms with E-state index in [1.807, 2.05) is 0 Å². The van der Waals surface area contributed by atoms with Crippen molar-refractivity contribution in [2.24, 2.45) is 5.92 Å². The van der Waals surface area contributed by atoms with Crippen LogP contribution in [0, 0.1) is 19.8 Å². The highest BCUT2D eigenvalue weighted by molar-refractivity contribution is 7.80. The van der Waals surface area contributed by atoms with E-state index in [0.29, 0.717) is 0 Å². The van der Waals surface area contributed by atoms with Crippen LogP contribution >= 0.6 is 24.4 Å². The number of thiocarbonyl (C=S) groups is 2. The number of nitrogens with one attached hydrogen (secondary N) is 1. The van der Waals surface area contributed by atoms with Gasteiger partial charge in [-0.25, -0.2) is 0 Å². The summed E-state index contributed by atoms with van der Waals surface area (Å²) in [5, 5.41) is 3.11. The zero-order chi connectivity index (χ0) is 14.5. The topological polar surface area (TPSA) is 12.0 Å². The van der Waals surface area contributed by atoms with Gasteiger partial charge in [-0.3, -0.25) is 0 Å². The summed E-state index contributed by atoms with van der Waals surface area (Å²) < 4.78 is 0. The molecule has 0 aliphatic heterocycles. The van der Waals surface area contributed by atoms with Crippen LogP contribution in [0.25, 0.3) is 0 Å². The SMILES string of the molecule is Cc1cc(C(=S)CC2CCCCC2)c(C)cc1NC=S. The molecule has 1 aromatic rings. The van der Waals surface area contributed by atoms with E-state index in [1.165, 1.54) is 48.8 Å². The van der Waals surface area contributed by atoms with Crippen molar-refractivity contribution in [2.75, 3.05) is 5.32 Å². The molecule has 0 bridgehead atoms. The van der Waals surface area contributed by atoms with Crippen LogP contribution < -0.4 is 5.32 Å². The molecule has 2 rings (SSSR count). The maximum atomic E-state index is 5.71. The molecule has 0 aromatic heterocycles. The van der Waals surface area contributed by atoms with Crippen LogP contribution in [0.1, 0.15) is 55.2 Å². The van der Waals surface area contributed by atoms with Crippen molar-refractivity contribution in [2.45, 2.75) is 52.4 Å². The molecule has 1 nitrogen and oxygen atoms in total. The quantitative estimate of drug-likeness (QED) is 0.581. The van der Waals surface area contributed by atoms with Crippen molar-refractivity contribution < 1.29 is 0 Å². The molecule has 1 N–H and O–H groups in total. The summed E-state index contributed by atoms with van der Waals surface area (Å²) >= 11 is 10.6. The average Bonchev–Trinajstić information content (AvgIpc) is 2.43. The lowest BCUT2D eigenvalue weighted by Crippen LogP contribution is -2.13. The predicted octanol–water partition coefficient (Wildman–Crippen LogP) is 5.36. The average molecular weight is 306 g/mol. The zero-order valence-electron chi connectivity index (χ0n) is 12.4. The van der Waals surface area contributed by atoms with Crippen LogP contribution in [-0.4, -0.2) is 10.4 Å². The second-order valence-electron chi connectivity index (χ2n) is 5.88. The Morgan fingerprint density at radius 2 is 1.90 bits per heavy atom. The first-order valence-corrected chi connectivity index (χ1v) is 8.34. The van der Waals surface area contributed by atoms with Crippen LogP contribution in [0.15, 0.2) is 12.1 Å². The number of benzene rings is 1. The number of anilines is 1. The van der Waals surface area contributed by atoms with Gasteiger partial charge in [0.15, 0.2) is 0 Å². The molecule has 0 saturated heterocycles. The number of rotatable bonds is 5. The molecule has 3 heteroatoms. The van der Waals surface area contributed by atoms with Gasteiger partial charge in [0, 0.05) is 10.6 Å². The lowest BCUT2D eigenvalue weighted by Gasteiger charge is -2.22. The monoisotopic (exact) mass is 305 g/mol. The molecule has 1 aromatic carbocycles. The van der Waals surface area contributed by atoms with E-state index in [-0.39, 0.29) is 0 Å². The van der Waals surface area contributed by atoms with Gasteiger partial charge in [-0.2, -0.15) is 0 Å². The highest BCUT2D eigenvalue weighted by atomic mass is 32.1. The minimum absolute atomic E-state index is 0.801. The smallest absolute Gasteiger partial charge is 0.0659 e. The third kappa shape index (κ3) is 3.86. The van der Waals surface area contributed by atoms with Gasteiger partial charge in [0.2, 0.25) is 0 Å². The Morgan fingerprint density at radius 1 is 1.20 bits per heavy atom. The first kappa shape index (κ1) is 15.6. The van der Waals surface area contributed by atoms with E-state index in [9.17, 15) is 0 Å². The summed E-state index contributed by atoms with van der Waals surface area (Å²) in [5.41, 5.74) is 6.34. The normalized spacial score (nSPS) is 15.9. The van der Waals surface area contributed by atoms with Crippen LogP contribution in [0.5, 0.6) is 0 Å². The van der Waals surface area contributed by atoms with Gasteiger partial charge < -0.3 is 5.32 Å². The fourth-order valence-electron chi connectivity index (χ4n) is 3.10. The highest BCUT2D eigenvalue weighted by Gasteiger charge is 2.17. The van der Waals surface area contributed by atoms with Gasteiger partial charge in [-0.1, -0.05) is 56.5 Å². The summed E-state index contributed by atoms with van der Waals surface area (Å²) in [6.45, 7) is 4.24. The van der Waals surface area contributed by atoms with Crippen molar-refractivity contribution in [3.8, 4) is 0 Å². The summed E-state index contributed by atoms with van der Waals surface area (Å²) in [5.74, 6) is 0.801. The third-order valence-corrected chi connectivity index (χ3v) is 4.79. The molecule has 1 aliphatic carbocycles. The number of aryl methyl sites for hydroxylation is 2. The Balaban J connectivity index is 2.12. The fourth-order valence-corrected chi connectivity index (χ4v) is 3.68. The van der Waals surface area contributed by atoms with Crippen molar-refractivity contribution >= 4 is 40.5 Å². The Labute approximate surface area is 133 Å². The summed E-state index contributed by atoms with van der Waals surface area (Å²) in [4.78, 5) is 1.13. The maximum absolute atomic E-state index is 5.71. The summed E-state index contributed by atoms with van der Waals surface area (Å²) in [7, 11) is 0. The maximum Gasteiger partial charge on any atom is 0.0659 e. The van der Waals surface area contributed by atoms with E-state index in [0.717, 1.165) is 22.9 Å². The van der Waals surface area contributed by atoms with Crippen molar-refractivity contribution in [1.29, 1.82) is 0 Å². The molecule has 1 aliphatic rings. The fraction of sp³-hybridized carbons (Fsp3) is 0.529. The van der Waals surface area contributed by atoms with E-state index < -0.39 is 0 Å². The molecular formula is C17H23NS2. The predicted molar refractivity (Wildman–Crippen MR) is 96.1 cm³/mol. The van der Waals surface area contributed by atoms with Crippen molar-refractivity contribution in [1.82, 2.24) is 0 Å². The Morgan fingerprint density at radius 3 is 2.55 bits per heavy atom. The Hall–Kier alpha value is -0.800. The Bertz CT molecular complexity index is 502. The molecule has 0 amide bonds. The van der Waals surface area contributed by atoms with Gasteiger partial charge in [0.1, 0.15) is 0 Å². The van der Waals surface area contributed by atoms with Gasteiger partial charge in [-0.15, -0.1) is 0 Å². The summed E-state index contributed by atoms with van der Waals surface area (Å²) in [6, 6.07) is 4.36. The first-order valence-electron chi connectivity index (χ1n) is 7.46. The molecule has 108 valence electrons.